The van der Waals surface area contributed by atoms with Gasteiger partial charge in [-0.05, 0) is 41.4 Å². The van der Waals surface area contributed by atoms with Gasteiger partial charge in [0.1, 0.15) is 10.7 Å². The molecular weight excluding hydrogens is 368 g/mol. The molecule has 0 aliphatic carbocycles. The zero-order valence-electron chi connectivity index (χ0n) is 13.9. The van der Waals surface area contributed by atoms with E-state index in [1.165, 1.54) is 6.08 Å². The van der Waals surface area contributed by atoms with Crippen LogP contribution in [0.4, 0.5) is 0 Å². The average Bonchev–Trinajstić information content (AvgIpc) is 3.08. The van der Waals surface area contributed by atoms with Crippen LogP contribution < -0.4 is 0 Å². The van der Waals surface area contributed by atoms with Crippen molar-refractivity contribution in [1.29, 1.82) is 5.26 Å². The zero-order valence-corrected chi connectivity index (χ0v) is 15.5. The van der Waals surface area contributed by atoms with Gasteiger partial charge in [-0.2, -0.15) is 5.26 Å². The maximum Gasteiger partial charge on any atom is 0.195 e. The van der Waals surface area contributed by atoms with Gasteiger partial charge in [0.2, 0.25) is 0 Å². The first-order chi connectivity index (χ1) is 12.5. The zero-order chi connectivity index (χ0) is 18.7. The molecule has 2 aromatic rings. The smallest absolute Gasteiger partial charge is 0.195 e. The first-order valence-corrected chi connectivity index (χ1v) is 10.5. The second-order valence-corrected chi connectivity index (χ2v) is 9.81. The molecule has 0 fully saturated rings. The Kier molecular flexibility index (Phi) is 5.18. The van der Waals surface area contributed by atoms with Crippen molar-refractivity contribution in [2.45, 2.75) is 16.4 Å². The Balaban J connectivity index is 2.09. The lowest BCUT2D eigenvalue weighted by Gasteiger charge is -2.14. The van der Waals surface area contributed by atoms with Crippen LogP contribution in [0.3, 0.4) is 0 Å². The third kappa shape index (κ3) is 3.27. The minimum atomic E-state index is -3.75. The van der Waals surface area contributed by atoms with Crippen molar-refractivity contribution in [2.24, 2.45) is 4.53 Å². The van der Waals surface area contributed by atoms with Crippen LogP contribution in [-0.4, -0.2) is 18.2 Å². The lowest BCUT2D eigenvalue weighted by atomic mass is 10.1. The molecule has 1 aliphatic heterocycles. The number of nitriles is 1. The van der Waals surface area contributed by atoms with E-state index in [0.29, 0.717) is 16.0 Å². The second-order valence-electron chi connectivity index (χ2n) is 5.70. The number of rotatable bonds is 3. The van der Waals surface area contributed by atoms with Crippen molar-refractivity contribution in [3.8, 4) is 6.07 Å². The van der Waals surface area contributed by atoms with E-state index in [0.717, 1.165) is 5.56 Å². The quantitative estimate of drug-likeness (QED) is 0.644. The van der Waals surface area contributed by atoms with Crippen molar-refractivity contribution in [1.82, 2.24) is 0 Å². The maximum atomic E-state index is 13.0. The number of sulfone groups is 1. The molecule has 1 aliphatic rings. The van der Waals surface area contributed by atoms with E-state index in [4.69, 9.17) is 0 Å². The predicted molar refractivity (Wildman–Crippen MR) is 102 cm³/mol. The molecule has 5 nitrogen and oxygen atoms in total. The monoisotopic (exact) mass is 384 g/mol. The average molecular weight is 384 g/mol. The van der Waals surface area contributed by atoms with E-state index in [2.05, 4.69) is 10.6 Å². The van der Waals surface area contributed by atoms with Gasteiger partial charge >= 0.3 is 0 Å². The SMILES string of the molecule is Cc1ccc(S(=O)(=O)C2C=CC(=C(C#N)c3ccccc3)S2=NO)cc1. The van der Waals surface area contributed by atoms with Gasteiger partial charge in [0, 0.05) is 4.91 Å². The predicted octanol–water partition coefficient (Wildman–Crippen LogP) is 3.79. The molecule has 26 heavy (non-hydrogen) atoms. The van der Waals surface area contributed by atoms with E-state index in [1.807, 2.05) is 13.0 Å². The largest absolute Gasteiger partial charge is 0.261 e. The topological polar surface area (TPSA) is 90.5 Å². The molecule has 2 aromatic carbocycles. The maximum absolute atomic E-state index is 13.0. The molecule has 0 amide bonds. The van der Waals surface area contributed by atoms with Crippen LogP contribution in [0.25, 0.3) is 5.57 Å². The minimum absolute atomic E-state index is 0.165. The van der Waals surface area contributed by atoms with E-state index < -0.39 is 25.1 Å². The normalized spacial score (nSPS) is 21.6. The summed E-state index contributed by atoms with van der Waals surface area (Å²) in [6.07, 6.45) is 3.07. The minimum Gasteiger partial charge on any atom is -0.261 e. The number of hydrogen-bond donors (Lipinski definition) is 1. The number of benzene rings is 2. The summed E-state index contributed by atoms with van der Waals surface area (Å²) in [4.78, 5) is 0.584. The third-order valence-corrected chi connectivity index (χ3v) is 8.58. The highest BCUT2D eigenvalue weighted by atomic mass is 32.3. The fourth-order valence-corrected chi connectivity index (χ4v) is 6.70. The number of aryl methyl sites for hydroxylation is 1. The molecule has 0 radical (unpaired) electrons. The van der Waals surface area contributed by atoms with Gasteiger partial charge in [-0.3, -0.25) is 5.21 Å². The molecule has 0 saturated heterocycles. The summed E-state index contributed by atoms with van der Waals surface area (Å²) in [7, 11) is -5.12. The summed E-state index contributed by atoms with van der Waals surface area (Å²) in [5.74, 6) is 0. The first kappa shape index (κ1) is 18.3. The summed E-state index contributed by atoms with van der Waals surface area (Å²) in [5.41, 5.74) is 1.92. The van der Waals surface area contributed by atoms with E-state index in [1.54, 1.807) is 54.6 Å². The van der Waals surface area contributed by atoms with Gasteiger partial charge < -0.3 is 0 Å². The molecule has 1 heterocycles. The summed E-state index contributed by atoms with van der Waals surface area (Å²) in [6.45, 7) is 1.87. The van der Waals surface area contributed by atoms with Gasteiger partial charge in [0.15, 0.2) is 9.84 Å². The van der Waals surface area contributed by atoms with Crippen LogP contribution >= 0.6 is 0 Å². The molecule has 0 spiro atoms. The fourth-order valence-electron chi connectivity index (χ4n) is 2.67. The Bertz CT molecular complexity index is 1060. The van der Waals surface area contributed by atoms with Crippen LogP contribution in [-0.2, 0) is 20.5 Å². The molecule has 1 N–H and O–H groups in total. The van der Waals surface area contributed by atoms with Crippen LogP contribution in [0.1, 0.15) is 11.1 Å². The van der Waals surface area contributed by atoms with Crippen LogP contribution in [0.15, 0.2) is 81.1 Å². The van der Waals surface area contributed by atoms with Crippen molar-refractivity contribution in [3.05, 3.63) is 82.8 Å². The highest BCUT2D eigenvalue weighted by molar-refractivity contribution is 8.09. The van der Waals surface area contributed by atoms with Crippen LogP contribution in [0.2, 0.25) is 0 Å². The second kappa shape index (κ2) is 7.38. The van der Waals surface area contributed by atoms with Gasteiger partial charge in [0.05, 0.1) is 10.5 Å². The highest BCUT2D eigenvalue weighted by Gasteiger charge is 2.35. The van der Waals surface area contributed by atoms with Crippen molar-refractivity contribution < 1.29 is 13.6 Å². The van der Waals surface area contributed by atoms with Crippen LogP contribution in [0, 0.1) is 18.3 Å². The van der Waals surface area contributed by atoms with Gasteiger partial charge in [-0.25, -0.2) is 8.42 Å². The summed E-state index contributed by atoms with van der Waals surface area (Å²) in [5, 5.41) is 19.1. The van der Waals surface area contributed by atoms with E-state index in [9.17, 15) is 18.9 Å². The molecule has 0 aromatic heterocycles. The molecule has 132 valence electrons. The Hall–Kier alpha value is -2.53. The summed E-state index contributed by atoms with van der Waals surface area (Å²) < 4.78 is 28.3. The standard InChI is InChI=1S/C19H16N2O3S2/c1-14-7-9-16(10-8-14)26(23,24)19-12-11-18(25(19)21-22)17(13-20)15-5-3-2-4-6-15/h2-12,19,22H,1H3. The lowest BCUT2D eigenvalue weighted by molar-refractivity contribution is 0.328. The third-order valence-electron chi connectivity index (χ3n) is 4.01. The Morgan fingerprint density at radius 1 is 1.15 bits per heavy atom. The molecule has 0 bridgehead atoms. The number of allylic oxidation sites excluding steroid dienone is 2. The number of nitrogens with zero attached hydrogens (tertiary/aromatic N) is 2. The van der Waals surface area contributed by atoms with Crippen LogP contribution in [0.5, 0.6) is 0 Å². The summed E-state index contributed by atoms with van der Waals surface area (Å²) in [6, 6.07) is 17.6. The van der Waals surface area contributed by atoms with E-state index >= 15 is 0 Å². The van der Waals surface area contributed by atoms with Gasteiger partial charge in [-0.1, -0.05) is 54.1 Å². The van der Waals surface area contributed by atoms with Gasteiger partial charge in [-0.15, -0.1) is 4.53 Å². The highest BCUT2D eigenvalue weighted by Crippen LogP contribution is 2.34. The van der Waals surface area contributed by atoms with Crippen molar-refractivity contribution in [3.63, 3.8) is 0 Å². The molecule has 2 atom stereocenters. The summed E-state index contributed by atoms with van der Waals surface area (Å²) >= 11 is 0. The lowest BCUT2D eigenvalue weighted by Crippen LogP contribution is -2.22. The molecule has 2 unspecified atom stereocenters. The van der Waals surface area contributed by atoms with E-state index in [-0.39, 0.29) is 4.90 Å². The molecule has 0 saturated carbocycles. The van der Waals surface area contributed by atoms with Crippen molar-refractivity contribution in [2.75, 3.05) is 0 Å². The molecule has 7 heteroatoms. The fraction of sp³-hybridized carbons (Fsp3) is 0.105. The van der Waals surface area contributed by atoms with Crippen molar-refractivity contribution >= 4 is 26.1 Å². The number of hydrogen-bond acceptors (Lipinski definition) is 4. The first-order valence-electron chi connectivity index (χ1n) is 7.76. The Labute approximate surface area is 154 Å². The van der Waals surface area contributed by atoms with Gasteiger partial charge in [0.25, 0.3) is 0 Å². The Morgan fingerprint density at radius 3 is 2.38 bits per heavy atom. The molecule has 3 rings (SSSR count). The Morgan fingerprint density at radius 2 is 1.81 bits per heavy atom. The molecular formula is C19H16N2O3S2.